The third-order valence-corrected chi connectivity index (χ3v) is 1.92. The molecule has 1 rings (SSSR count). The summed E-state index contributed by atoms with van der Waals surface area (Å²) < 4.78 is 4.85. The predicted molar refractivity (Wildman–Crippen MR) is 44.5 cm³/mol. The zero-order chi connectivity index (χ0) is 8.97. The molecule has 0 heterocycles. The van der Waals surface area contributed by atoms with Crippen LogP contribution in [0.1, 0.15) is 19.8 Å². The van der Waals surface area contributed by atoms with Crippen LogP contribution in [0, 0.1) is 5.92 Å². The summed E-state index contributed by atoms with van der Waals surface area (Å²) in [5.41, 5.74) is 0. The standard InChI is InChI=1S/C9H14O3/c1-2-12-9(11)7-4-3-5-8(10)6-7/h3,5,7-8,10H,2,4,6H2,1H3/t7-,8+/m0/s1. The van der Waals surface area contributed by atoms with Gasteiger partial charge in [0.15, 0.2) is 0 Å². The highest BCUT2D eigenvalue weighted by atomic mass is 16.5. The molecule has 0 bridgehead atoms. The monoisotopic (exact) mass is 170 g/mol. The van der Waals surface area contributed by atoms with Crippen molar-refractivity contribution >= 4 is 5.97 Å². The van der Waals surface area contributed by atoms with Crippen LogP contribution in [0.15, 0.2) is 12.2 Å². The van der Waals surface area contributed by atoms with Crippen LogP contribution in [0.4, 0.5) is 0 Å². The van der Waals surface area contributed by atoms with Gasteiger partial charge in [0.25, 0.3) is 0 Å². The van der Waals surface area contributed by atoms with Crippen LogP contribution in [0.25, 0.3) is 0 Å². The fourth-order valence-electron chi connectivity index (χ4n) is 1.32. The summed E-state index contributed by atoms with van der Waals surface area (Å²) in [4.78, 5) is 11.2. The molecule has 1 aliphatic carbocycles. The fourth-order valence-corrected chi connectivity index (χ4v) is 1.32. The SMILES string of the molecule is CCOC(=O)[C@H]1CC=C[C@@H](O)C1. The number of rotatable bonds is 2. The Hall–Kier alpha value is -0.830. The molecule has 2 atom stereocenters. The average molecular weight is 170 g/mol. The van der Waals surface area contributed by atoms with E-state index in [4.69, 9.17) is 4.74 Å². The second-order valence-electron chi connectivity index (χ2n) is 2.92. The fraction of sp³-hybridized carbons (Fsp3) is 0.667. The number of hydrogen-bond donors (Lipinski definition) is 1. The van der Waals surface area contributed by atoms with Crippen LogP contribution in [0.5, 0.6) is 0 Å². The quantitative estimate of drug-likeness (QED) is 0.494. The number of allylic oxidation sites excluding steroid dienone is 1. The first-order chi connectivity index (χ1) is 5.74. The molecule has 1 aliphatic rings. The van der Waals surface area contributed by atoms with Crippen LogP contribution < -0.4 is 0 Å². The Morgan fingerprint density at radius 2 is 2.50 bits per heavy atom. The summed E-state index contributed by atoms with van der Waals surface area (Å²) in [5.74, 6) is -0.342. The predicted octanol–water partition coefficient (Wildman–Crippen LogP) is 0.877. The number of ether oxygens (including phenoxy) is 1. The van der Waals surface area contributed by atoms with E-state index in [1.807, 2.05) is 6.08 Å². The lowest BCUT2D eigenvalue weighted by Crippen LogP contribution is -2.24. The van der Waals surface area contributed by atoms with Crippen LogP contribution >= 0.6 is 0 Å². The van der Waals surface area contributed by atoms with E-state index in [2.05, 4.69) is 0 Å². The minimum atomic E-state index is -0.479. The Bertz CT molecular complexity index is 186. The molecule has 1 N–H and O–H groups in total. The molecule has 0 aromatic heterocycles. The maximum atomic E-state index is 11.2. The first kappa shape index (κ1) is 9.26. The Balaban J connectivity index is 2.43. The molecule has 0 saturated carbocycles. The zero-order valence-electron chi connectivity index (χ0n) is 7.19. The van der Waals surface area contributed by atoms with Gasteiger partial charge in [0.05, 0.1) is 18.6 Å². The molecule has 0 saturated heterocycles. The molecule has 0 spiro atoms. The lowest BCUT2D eigenvalue weighted by molar-refractivity contribution is -0.149. The molecule has 0 aliphatic heterocycles. The zero-order valence-corrected chi connectivity index (χ0v) is 7.19. The maximum Gasteiger partial charge on any atom is 0.309 e. The number of hydrogen-bond acceptors (Lipinski definition) is 3. The minimum Gasteiger partial charge on any atom is -0.466 e. The molecule has 0 radical (unpaired) electrons. The van der Waals surface area contributed by atoms with Crippen LogP contribution in [0.2, 0.25) is 0 Å². The van der Waals surface area contributed by atoms with Gasteiger partial charge in [-0.05, 0) is 19.8 Å². The van der Waals surface area contributed by atoms with Gasteiger partial charge in [-0.1, -0.05) is 12.2 Å². The Morgan fingerprint density at radius 1 is 1.75 bits per heavy atom. The normalized spacial score (nSPS) is 28.5. The van der Waals surface area contributed by atoms with Crippen molar-refractivity contribution in [1.82, 2.24) is 0 Å². The van der Waals surface area contributed by atoms with E-state index in [0.29, 0.717) is 19.4 Å². The minimum absolute atomic E-state index is 0.148. The van der Waals surface area contributed by atoms with Gasteiger partial charge in [-0.15, -0.1) is 0 Å². The van der Waals surface area contributed by atoms with Gasteiger partial charge in [-0.2, -0.15) is 0 Å². The molecule has 0 unspecified atom stereocenters. The topological polar surface area (TPSA) is 46.5 Å². The first-order valence-corrected chi connectivity index (χ1v) is 4.25. The second kappa shape index (κ2) is 4.26. The lowest BCUT2D eigenvalue weighted by Gasteiger charge is -2.19. The van der Waals surface area contributed by atoms with Crippen molar-refractivity contribution in [3.63, 3.8) is 0 Å². The van der Waals surface area contributed by atoms with Gasteiger partial charge < -0.3 is 9.84 Å². The molecular formula is C9H14O3. The van der Waals surface area contributed by atoms with E-state index in [-0.39, 0.29) is 11.9 Å². The molecule has 0 amide bonds. The van der Waals surface area contributed by atoms with Crippen molar-refractivity contribution in [3.8, 4) is 0 Å². The van der Waals surface area contributed by atoms with Crippen molar-refractivity contribution in [2.24, 2.45) is 5.92 Å². The lowest BCUT2D eigenvalue weighted by atomic mass is 9.93. The van der Waals surface area contributed by atoms with E-state index < -0.39 is 6.10 Å². The van der Waals surface area contributed by atoms with Crippen LogP contribution in [0.3, 0.4) is 0 Å². The highest BCUT2D eigenvalue weighted by Gasteiger charge is 2.23. The molecule has 3 nitrogen and oxygen atoms in total. The average Bonchev–Trinajstić information content (AvgIpc) is 2.05. The Labute approximate surface area is 72.0 Å². The smallest absolute Gasteiger partial charge is 0.309 e. The molecule has 0 aromatic carbocycles. The van der Waals surface area contributed by atoms with Gasteiger partial charge in [-0.3, -0.25) is 4.79 Å². The number of carbonyl (C=O) groups is 1. The Morgan fingerprint density at radius 3 is 3.08 bits per heavy atom. The summed E-state index contributed by atoms with van der Waals surface area (Å²) in [5, 5.41) is 9.20. The van der Waals surface area contributed by atoms with Crippen LogP contribution in [-0.2, 0) is 9.53 Å². The molecule has 68 valence electrons. The second-order valence-corrected chi connectivity index (χ2v) is 2.92. The molecule has 0 aromatic rings. The van der Waals surface area contributed by atoms with Crippen molar-refractivity contribution < 1.29 is 14.6 Å². The van der Waals surface area contributed by atoms with Gasteiger partial charge in [-0.25, -0.2) is 0 Å². The summed E-state index contributed by atoms with van der Waals surface area (Å²) in [6.45, 7) is 2.20. The van der Waals surface area contributed by atoms with Gasteiger partial charge in [0, 0.05) is 0 Å². The Kier molecular flexibility index (Phi) is 3.29. The van der Waals surface area contributed by atoms with Crippen molar-refractivity contribution in [1.29, 1.82) is 0 Å². The maximum absolute atomic E-state index is 11.2. The van der Waals surface area contributed by atoms with Gasteiger partial charge >= 0.3 is 5.97 Å². The third kappa shape index (κ3) is 2.34. The summed E-state index contributed by atoms with van der Waals surface area (Å²) in [7, 11) is 0. The van der Waals surface area contributed by atoms with E-state index in [1.165, 1.54) is 0 Å². The highest BCUT2D eigenvalue weighted by molar-refractivity contribution is 5.72. The van der Waals surface area contributed by atoms with E-state index in [0.717, 1.165) is 0 Å². The van der Waals surface area contributed by atoms with E-state index >= 15 is 0 Å². The van der Waals surface area contributed by atoms with Crippen molar-refractivity contribution in [3.05, 3.63) is 12.2 Å². The van der Waals surface area contributed by atoms with Gasteiger partial charge in [0.1, 0.15) is 0 Å². The molecule has 3 heteroatoms. The number of aliphatic hydroxyl groups excluding tert-OH is 1. The largest absolute Gasteiger partial charge is 0.466 e. The van der Waals surface area contributed by atoms with Gasteiger partial charge in [0.2, 0.25) is 0 Å². The number of carbonyl (C=O) groups excluding carboxylic acids is 1. The number of aliphatic hydroxyl groups is 1. The summed E-state index contributed by atoms with van der Waals surface area (Å²) in [6, 6.07) is 0. The van der Waals surface area contributed by atoms with E-state index in [9.17, 15) is 9.90 Å². The molecule has 0 fully saturated rings. The summed E-state index contributed by atoms with van der Waals surface area (Å²) in [6.07, 6.45) is 4.25. The first-order valence-electron chi connectivity index (χ1n) is 4.25. The highest BCUT2D eigenvalue weighted by Crippen LogP contribution is 2.19. The summed E-state index contributed by atoms with van der Waals surface area (Å²) >= 11 is 0. The molecule has 12 heavy (non-hydrogen) atoms. The van der Waals surface area contributed by atoms with E-state index in [1.54, 1.807) is 13.0 Å². The molecular weight excluding hydrogens is 156 g/mol. The van der Waals surface area contributed by atoms with Crippen molar-refractivity contribution in [2.45, 2.75) is 25.9 Å². The third-order valence-electron chi connectivity index (χ3n) is 1.92. The van der Waals surface area contributed by atoms with Crippen molar-refractivity contribution in [2.75, 3.05) is 6.61 Å². The van der Waals surface area contributed by atoms with Crippen LogP contribution in [-0.4, -0.2) is 23.8 Å². The number of esters is 1.